The van der Waals surface area contributed by atoms with Crippen LogP contribution in [0.1, 0.15) is 276 Å². The summed E-state index contributed by atoms with van der Waals surface area (Å²) in [5, 5.41) is 8.52. The van der Waals surface area contributed by atoms with E-state index in [1.165, 1.54) is 19.6 Å². The summed E-state index contributed by atoms with van der Waals surface area (Å²) in [5.74, 6) is 4.42. The van der Waals surface area contributed by atoms with Crippen molar-refractivity contribution in [2.75, 3.05) is 13.2 Å². The molecule has 0 saturated heterocycles. The van der Waals surface area contributed by atoms with Crippen LogP contribution >= 0.6 is 0 Å². The molecule has 0 fully saturated rings. The fraction of sp³-hybridized carbons (Fsp3) is 0.425. The molecule has 16 heteroatoms. The van der Waals surface area contributed by atoms with Gasteiger partial charge in [-0.15, -0.1) is 0 Å². The fourth-order valence-corrected chi connectivity index (χ4v) is 17.0. The maximum atomic E-state index is 15.8. The van der Waals surface area contributed by atoms with Gasteiger partial charge < -0.3 is 18.9 Å². The molecular formula is C87H92N4O12. The van der Waals surface area contributed by atoms with Crippen LogP contribution in [0.2, 0.25) is 0 Å². The molecule has 0 radical (unpaired) electrons. The van der Waals surface area contributed by atoms with E-state index in [-0.39, 0.29) is 23.3 Å². The smallest absolute Gasteiger partial charge is 0.261 e. The molecule has 4 heterocycles. The maximum absolute atomic E-state index is 15.8. The SMILES string of the molecule is CCC(CC)N1C(=O)c2ccc3c4c(OC(C)(C)CCOC(C)(C)C)cc5c6c(ccc(c7c(C#Cc8cc9c%10c(ccc%11c%12c(OC(C)(C)COC(C)(C)C)cc%13c%14c(ccc(c8c%10%11)c%14%12)C(=O)N(C(CC)CC)C%13=O)C(=O)N(C(CC)CC)C9=O)cc(c2c37)C1=O)c64)C(=O)N(C(CC)CC)C5=O. The molecule has 0 aromatic heterocycles. The maximum Gasteiger partial charge on any atom is 0.261 e. The number of benzene rings is 10. The topological polar surface area (TPSA) is 186 Å². The summed E-state index contributed by atoms with van der Waals surface area (Å²) < 4.78 is 27.2. The second kappa shape index (κ2) is 25.1. The predicted molar refractivity (Wildman–Crippen MR) is 406 cm³/mol. The number of imide groups is 4. The third kappa shape index (κ3) is 10.8. The normalized spacial score (nSPS) is 15.4. The number of amides is 8. The van der Waals surface area contributed by atoms with Crippen LogP contribution in [-0.4, -0.2) is 127 Å². The lowest BCUT2D eigenvalue weighted by atomic mass is 9.79. The minimum Gasteiger partial charge on any atom is -0.487 e. The number of nitrogens with zero attached hydrogens (tertiary/aromatic N) is 4. The standard InChI is InChI=1S/C87H92N4O12/c1-19-46(20-2)88-76(92)54-35-31-52-70-62(102-86(15,16)37-38-100-84(9,10)11)41-60-68-56(78(94)90(82(60)98)48(23-5)24-6)33-29-50(74(68)70)64-44(39-58(80(88)96)66(54)72(52)64)27-28-45-40-59-67-55(77(93)89(81(59)97)47(21-3)22-4)36-32-53-71-63(103-87(17,18)43-101-85(12,13)14)42-61-69-57(34-30-51(75(69)71)65(45)73(53)67)79(95)91(83(61)99)49(25-7)26-8/h29-36,39-42,46-49H,19-26,37-38,43H2,1-18H3. The summed E-state index contributed by atoms with van der Waals surface area (Å²) in [6, 6.07) is 20.0. The highest BCUT2D eigenvalue weighted by Crippen LogP contribution is 2.54. The zero-order chi connectivity index (χ0) is 73.9. The first kappa shape index (κ1) is 70.5. The molecule has 0 bridgehead atoms. The van der Waals surface area contributed by atoms with E-state index in [0.29, 0.717) is 201 Å². The van der Waals surface area contributed by atoms with Crippen LogP contribution in [0.4, 0.5) is 0 Å². The number of fused-ring (bicyclic) bond motifs is 4. The molecule has 4 aliphatic rings. The summed E-state index contributed by atoms with van der Waals surface area (Å²) in [4.78, 5) is 129. The first-order chi connectivity index (χ1) is 48.8. The van der Waals surface area contributed by atoms with Crippen molar-refractivity contribution in [2.24, 2.45) is 0 Å². The van der Waals surface area contributed by atoms with Gasteiger partial charge in [-0.1, -0.05) is 91.5 Å². The summed E-state index contributed by atoms with van der Waals surface area (Å²) >= 11 is 0. The molecule has 0 saturated carbocycles. The fourth-order valence-electron chi connectivity index (χ4n) is 17.0. The Bertz CT molecular complexity index is 5440. The molecule has 8 amide bonds. The van der Waals surface area contributed by atoms with E-state index in [9.17, 15) is 0 Å². The zero-order valence-corrected chi connectivity index (χ0v) is 62.7. The lowest BCUT2D eigenvalue weighted by molar-refractivity contribution is -0.0718. The largest absolute Gasteiger partial charge is 0.487 e. The Hall–Kier alpha value is -9.56. The number of hydrogen-bond donors (Lipinski definition) is 0. The highest BCUT2D eigenvalue weighted by molar-refractivity contribution is 6.45. The highest BCUT2D eigenvalue weighted by atomic mass is 16.6. The Morgan fingerprint density at radius 3 is 0.864 bits per heavy atom. The number of hydrogen-bond acceptors (Lipinski definition) is 12. The summed E-state index contributed by atoms with van der Waals surface area (Å²) in [6.45, 7) is 35.9. The molecule has 0 N–H and O–H groups in total. The quantitative estimate of drug-likeness (QED) is 0.0287. The minimum atomic E-state index is -1.01. The van der Waals surface area contributed by atoms with Crippen LogP contribution in [0, 0.1) is 11.8 Å². The first-order valence-electron chi connectivity index (χ1n) is 37.1. The molecule has 0 aliphatic carbocycles. The molecule has 103 heavy (non-hydrogen) atoms. The van der Waals surface area contributed by atoms with E-state index in [1.807, 2.05) is 149 Å². The van der Waals surface area contributed by atoms with E-state index < -0.39 is 93.8 Å². The number of ether oxygens (including phenoxy) is 4. The van der Waals surface area contributed by atoms with Gasteiger partial charge in [0.2, 0.25) is 0 Å². The third-order valence-electron chi connectivity index (χ3n) is 22.2. The summed E-state index contributed by atoms with van der Waals surface area (Å²) in [6.07, 6.45) is 4.60. The van der Waals surface area contributed by atoms with Crippen LogP contribution in [0.15, 0.2) is 72.8 Å². The Morgan fingerprint density at radius 1 is 0.311 bits per heavy atom. The predicted octanol–water partition coefficient (Wildman–Crippen LogP) is 18.7. The minimum absolute atomic E-state index is 0.154. The Kier molecular flexibility index (Phi) is 17.2. The molecule has 14 rings (SSSR count). The van der Waals surface area contributed by atoms with Gasteiger partial charge in [0.15, 0.2) is 0 Å². The van der Waals surface area contributed by atoms with Gasteiger partial charge in [-0.05, 0) is 191 Å². The lowest BCUT2D eigenvalue weighted by Gasteiger charge is -2.36. The van der Waals surface area contributed by atoms with Crippen molar-refractivity contribution in [2.45, 2.75) is 229 Å². The molecular weight excluding hydrogens is 1290 g/mol. The van der Waals surface area contributed by atoms with Crippen molar-refractivity contribution < 1.29 is 57.3 Å². The lowest BCUT2D eigenvalue weighted by Crippen LogP contribution is -2.46. The summed E-state index contributed by atoms with van der Waals surface area (Å²) in [5.41, 5.74) is 0.230. The van der Waals surface area contributed by atoms with Crippen LogP contribution in [-0.2, 0) is 9.47 Å². The van der Waals surface area contributed by atoms with Crippen molar-refractivity contribution in [3.8, 4) is 23.3 Å². The van der Waals surface area contributed by atoms with Crippen LogP contribution in [0.3, 0.4) is 0 Å². The van der Waals surface area contributed by atoms with E-state index in [4.69, 9.17) is 18.9 Å². The van der Waals surface area contributed by atoms with Gasteiger partial charge in [0, 0.05) is 140 Å². The van der Waals surface area contributed by atoms with Gasteiger partial charge in [-0.3, -0.25) is 58.0 Å². The third-order valence-corrected chi connectivity index (χ3v) is 22.2. The molecule has 10 aromatic rings. The van der Waals surface area contributed by atoms with Gasteiger partial charge in [-0.25, -0.2) is 0 Å². The van der Waals surface area contributed by atoms with Crippen molar-refractivity contribution >= 4 is 133 Å². The zero-order valence-electron chi connectivity index (χ0n) is 62.7. The van der Waals surface area contributed by atoms with E-state index in [0.717, 1.165) is 0 Å². The van der Waals surface area contributed by atoms with Gasteiger partial charge >= 0.3 is 0 Å². The van der Waals surface area contributed by atoms with E-state index in [2.05, 4.69) is 11.8 Å². The Morgan fingerprint density at radius 2 is 0.573 bits per heavy atom. The highest BCUT2D eigenvalue weighted by Gasteiger charge is 2.45. The molecule has 10 aromatic carbocycles. The van der Waals surface area contributed by atoms with Crippen molar-refractivity contribution in [3.63, 3.8) is 0 Å². The summed E-state index contributed by atoms with van der Waals surface area (Å²) in [7, 11) is 0. The first-order valence-corrected chi connectivity index (χ1v) is 37.1. The second-order valence-corrected chi connectivity index (χ2v) is 31.8. The molecule has 4 aliphatic heterocycles. The van der Waals surface area contributed by atoms with Crippen molar-refractivity contribution in [1.29, 1.82) is 0 Å². The van der Waals surface area contributed by atoms with Crippen LogP contribution in [0.25, 0.3) is 86.2 Å². The number of rotatable bonds is 21. The second-order valence-electron chi connectivity index (χ2n) is 31.8. The van der Waals surface area contributed by atoms with Gasteiger partial charge in [0.05, 0.1) is 35.5 Å². The monoisotopic (exact) mass is 1380 g/mol. The molecule has 0 unspecified atom stereocenters. The molecule has 532 valence electrons. The van der Waals surface area contributed by atoms with E-state index >= 15 is 38.4 Å². The van der Waals surface area contributed by atoms with Gasteiger partial charge in [0.1, 0.15) is 22.7 Å². The average Bonchev–Trinajstić information content (AvgIpc) is 0.684. The molecule has 0 atom stereocenters. The van der Waals surface area contributed by atoms with Crippen molar-refractivity contribution in [3.05, 3.63) is 128 Å². The van der Waals surface area contributed by atoms with Crippen molar-refractivity contribution in [1.82, 2.24) is 19.6 Å². The van der Waals surface area contributed by atoms with E-state index in [1.54, 1.807) is 48.5 Å². The Balaban J connectivity index is 1.14. The van der Waals surface area contributed by atoms with Gasteiger partial charge in [-0.2, -0.15) is 0 Å². The van der Waals surface area contributed by atoms with Crippen LogP contribution < -0.4 is 9.47 Å². The number of carbonyl (C=O) groups is 8. The van der Waals surface area contributed by atoms with Crippen LogP contribution in [0.5, 0.6) is 11.5 Å². The molecule has 0 spiro atoms. The molecule has 16 nitrogen and oxygen atoms in total. The Labute approximate surface area is 601 Å². The van der Waals surface area contributed by atoms with Gasteiger partial charge in [0.25, 0.3) is 47.3 Å². The average molecular weight is 1390 g/mol. The number of carbonyl (C=O) groups excluding carboxylic acids is 8.